The average molecular weight is 373 g/mol. The van der Waals surface area contributed by atoms with Crippen molar-refractivity contribution in [3.05, 3.63) is 38.1 Å². The first-order chi connectivity index (χ1) is 9.72. The summed E-state index contributed by atoms with van der Waals surface area (Å²) in [5.74, 6) is 0. The molecule has 1 saturated heterocycles. The molecule has 106 valence electrons. The largest absolute Gasteiger partial charge is 0.314 e. The number of nitrogens with one attached hydrogen (secondary N) is 1. The van der Waals surface area contributed by atoms with Gasteiger partial charge < -0.3 is 5.32 Å². The van der Waals surface area contributed by atoms with E-state index in [4.69, 9.17) is 16.6 Å². The molecule has 0 radical (unpaired) electrons. The van der Waals surface area contributed by atoms with Crippen molar-refractivity contribution in [2.75, 3.05) is 26.2 Å². The normalized spacial score (nSPS) is 16.5. The third-order valence-corrected chi connectivity index (χ3v) is 4.97. The molecule has 1 N–H and O–H groups in total. The standard InChI is InChI=1S/C14H15BrClN3S/c15-10-1-2-11(12(16)7-10)13-9-20-14(18-13)8-19-5-3-17-4-6-19/h1-2,7,9,17H,3-6,8H2. The lowest BCUT2D eigenvalue weighted by Crippen LogP contribution is -2.42. The summed E-state index contributed by atoms with van der Waals surface area (Å²) in [5.41, 5.74) is 1.97. The molecule has 0 spiro atoms. The van der Waals surface area contributed by atoms with Crippen LogP contribution in [0.25, 0.3) is 11.3 Å². The van der Waals surface area contributed by atoms with E-state index in [0.717, 1.165) is 58.5 Å². The van der Waals surface area contributed by atoms with Gasteiger partial charge in [-0.05, 0) is 12.1 Å². The molecule has 3 rings (SSSR count). The molecule has 20 heavy (non-hydrogen) atoms. The zero-order valence-electron chi connectivity index (χ0n) is 10.9. The Bertz CT molecular complexity index is 596. The Labute approximate surface area is 136 Å². The summed E-state index contributed by atoms with van der Waals surface area (Å²) in [6.45, 7) is 5.25. The second kappa shape index (κ2) is 6.54. The molecule has 1 aromatic heterocycles. The van der Waals surface area contributed by atoms with E-state index in [9.17, 15) is 0 Å². The van der Waals surface area contributed by atoms with E-state index < -0.39 is 0 Å². The number of piperazine rings is 1. The van der Waals surface area contributed by atoms with Gasteiger partial charge in [0.1, 0.15) is 5.01 Å². The van der Waals surface area contributed by atoms with Gasteiger partial charge >= 0.3 is 0 Å². The topological polar surface area (TPSA) is 28.2 Å². The highest BCUT2D eigenvalue weighted by atomic mass is 79.9. The van der Waals surface area contributed by atoms with Crippen molar-refractivity contribution in [1.29, 1.82) is 0 Å². The molecule has 1 fully saturated rings. The SMILES string of the molecule is Clc1cc(Br)ccc1-c1csc(CN2CCNCC2)n1. The van der Waals surface area contributed by atoms with Gasteiger partial charge in [0.15, 0.2) is 0 Å². The lowest BCUT2D eigenvalue weighted by Gasteiger charge is -2.26. The lowest BCUT2D eigenvalue weighted by atomic mass is 10.2. The Morgan fingerprint density at radius 1 is 1.35 bits per heavy atom. The molecule has 3 nitrogen and oxygen atoms in total. The molecule has 0 unspecified atom stereocenters. The Morgan fingerprint density at radius 2 is 2.15 bits per heavy atom. The number of nitrogens with zero attached hydrogens (tertiary/aromatic N) is 2. The Kier molecular flexibility index (Phi) is 4.73. The van der Waals surface area contributed by atoms with Crippen molar-refractivity contribution < 1.29 is 0 Å². The predicted octanol–water partition coefficient (Wildman–Crippen LogP) is 3.63. The van der Waals surface area contributed by atoms with Crippen LogP contribution in [0, 0.1) is 0 Å². The number of hydrogen-bond donors (Lipinski definition) is 1. The maximum atomic E-state index is 6.28. The van der Waals surface area contributed by atoms with E-state index >= 15 is 0 Å². The first kappa shape index (κ1) is 14.5. The van der Waals surface area contributed by atoms with Crippen LogP contribution in [0.4, 0.5) is 0 Å². The monoisotopic (exact) mass is 371 g/mol. The molecule has 0 bridgehead atoms. The van der Waals surface area contributed by atoms with Crippen LogP contribution in [0.15, 0.2) is 28.1 Å². The van der Waals surface area contributed by atoms with Gasteiger partial charge in [0.05, 0.1) is 17.3 Å². The summed E-state index contributed by atoms with van der Waals surface area (Å²) in [6.07, 6.45) is 0. The van der Waals surface area contributed by atoms with Gasteiger partial charge in [-0.3, -0.25) is 4.90 Å². The van der Waals surface area contributed by atoms with Crippen LogP contribution in [0.1, 0.15) is 5.01 Å². The van der Waals surface area contributed by atoms with E-state index in [1.165, 1.54) is 0 Å². The minimum absolute atomic E-state index is 0.735. The lowest BCUT2D eigenvalue weighted by molar-refractivity contribution is 0.233. The maximum Gasteiger partial charge on any atom is 0.107 e. The zero-order chi connectivity index (χ0) is 13.9. The van der Waals surface area contributed by atoms with E-state index in [0.29, 0.717) is 0 Å². The molecule has 0 aliphatic carbocycles. The fourth-order valence-corrected chi connectivity index (χ4v) is 3.87. The van der Waals surface area contributed by atoms with Gasteiger partial charge in [0.25, 0.3) is 0 Å². The van der Waals surface area contributed by atoms with Crippen LogP contribution in [0.3, 0.4) is 0 Å². The number of benzene rings is 1. The minimum atomic E-state index is 0.735. The van der Waals surface area contributed by atoms with Gasteiger partial charge in [0, 0.05) is 41.6 Å². The highest BCUT2D eigenvalue weighted by Crippen LogP contribution is 2.31. The van der Waals surface area contributed by atoms with Crippen LogP contribution in [0.2, 0.25) is 5.02 Å². The summed E-state index contributed by atoms with van der Waals surface area (Å²) in [4.78, 5) is 7.15. The van der Waals surface area contributed by atoms with Crippen LogP contribution in [0.5, 0.6) is 0 Å². The molecule has 2 heterocycles. The summed E-state index contributed by atoms with van der Waals surface area (Å²) in [6, 6.07) is 5.92. The van der Waals surface area contributed by atoms with Crippen LogP contribution in [-0.4, -0.2) is 36.1 Å². The van der Waals surface area contributed by atoms with Gasteiger partial charge in [0.2, 0.25) is 0 Å². The molecule has 0 atom stereocenters. The Hall–Kier alpha value is -0.460. The van der Waals surface area contributed by atoms with E-state index in [2.05, 4.69) is 31.5 Å². The number of hydrogen-bond acceptors (Lipinski definition) is 4. The van der Waals surface area contributed by atoms with Gasteiger partial charge in [-0.15, -0.1) is 11.3 Å². The minimum Gasteiger partial charge on any atom is -0.314 e. The summed E-state index contributed by atoms with van der Waals surface area (Å²) >= 11 is 11.4. The maximum absolute atomic E-state index is 6.28. The highest BCUT2D eigenvalue weighted by Gasteiger charge is 2.13. The molecule has 0 saturated carbocycles. The number of rotatable bonds is 3. The zero-order valence-corrected chi connectivity index (χ0v) is 14.1. The molecule has 6 heteroatoms. The molecule has 1 aliphatic heterocycles. The van der Waals surface area contributed by atoms with Gasteiger partial charge in [-0.25, -0.2) is 4.98 Å². The third-order valence-electron chi connectivity index (χ3n) is 3.33. The quantitative estimate of drug-likeness (QED) is 0.892. The second-order valence-corrected chi connectivity index (χ2v) is 7.04. The number of halogens is 2. The summed E-state index contributed by atoms with van der Waals surface area (Å²) in [7, 11) is 0. The molecule has 2 aromatic rings. The highest BCUT2D eigenvalue weighted by molar-refractivity contribution is 9.10. The van der Waals surface area contributed by atoms with Crippen molar-refractivity contribution in [3.8, 4) is 11.3 Å². The first-order valence-corrected chi connectivity index (χ1v) is 8.60. The summed E-state index contributed by atoms with van der Waals surface area (Å²) in [5, 5.41) is 7.34. The molecule has 0 amide bonds. The van der Waals surface area contributed by atoms with Crippen molar-refractivity contribution in [1.82, 2.24) is 15.2 Å². The molecule has 1 aliphatic rings. The second-order valence-electron chi connectivity index (χ2n) is 4.78. The van der Waals surface area contributed by atoms with E-state index in [1.807, 2.05) is 18.2 Å². The average Bonchev–Trinajstić information content (AvgIpc) is 2.88. The van der Waals surface area contributed by atoms with Crippen molar-refractivity contribution in [2.24, 2.45) is 0 Å². The Morgan fingerprint density at radius 3 is 2.90 bits per heavy atom. The fraction of sp³-hybridized carbons (Fsp3) is 0.357. The van der Waals surface area contributed by atoms with Crippen molar-refractivity contribution in [3.63, 3.8) is 0 Å². The summed E-state index contributed by atoms with van der Waals surface area (Å²) < 4.78 is 0.988. The third kappa shape index (κ3) is 3.40. The molecular weight excluding hydrogens is 358 g/mol. The van der Waals surface area contributed by atoms with Crippen LogP contribution in [-0.2, 0) is 6.54 Å². The molecule has 1 aromatic carbocycles. The Balaban J connectivity index is 1.75. The number of aromatic nitrogens is 1. The number of thiazole rings is 1. The van der Waals surface area contributed by atoms with E-state index in [1.54, 1.807) is 11.3 Å². The predicted molar refractivity (Wildman–Crippen MR) is 88.4 cm³/mol. The van der Waals surface area contributed by atoms with E-state index in [-0.39, 0.29) is 0 Å². The fourth-order valence-electron chi connectivity index (χ4n) is 2.26. The first-order valence-electron chi connectivity index (χ1n) is 6.55. The van der Waals surface area contributed by atoms with Crippen molar-refractivity contribution >= 4 is 38.9 Å². The molecular formula is C14H15BrClN3S. The smallest absolute Gasteiger partial charge is 0.107 e. The van der Waals surface area contributed by atoms with Gasteiger partial charge in [-0.2, -0.15) is 0 Å². The van der Waals surface area contributed by atoms with Crippen LogP contribution < -0.4 is 5.32 Å². The van der Waals surface area contributed by atoms with Crippen LogP contribution >= 0.6 is 38.9 Å². The van der Waals surface area contributed by atoms with Crippen molar-refractivity contribution in [2.45, 2.75) is 6.54 Å². The van der Waals surface area contributed by atoms with Gasteiger partial charge in [-0.1, -0.05) is 33.6 Å².